The minimum atomic E-state index is 0.376. The van der Waals surface area contributed by atoms with Crippen LogP contribution in [0.4, 0.5) is 0 Å². The number of benzene rings is 2. The van der Waals surface area contributed by atoms with Crippen LogP contribution in [0.25, 0.3) is 0 Å². The zero-order valence-electron chi connectivity index (χ0n) is 16.5. The maximum Gasteiger partial charge on any atom is 0.175 e. The molecule has 0 spiro atoms. The summed E-state index contributed by atoms with van der Waals surface area (Å²) in [5.74, 6) is 1.38. The van der Waals surface area contributed by atoms with E-state index in [9.17, 15) is 0 Å². The van der Waals surface area contributed by atoms with Crippen LogP contribution in [-0.2, 0) is 13.2 Å². The third-order valence-corrected chi connectivity index (χ3v) is 5.77. The second-order valence-electron chi connectivity index (χ2n) is 6.74. The fraction of sp³-hybridized carbons (Fsp3) is 0.455. The van der Waals surface area contributed by atoms with E-state index >= 15 is 0 Å². The molecule has 3 nitrogen and oxygen atoms in total. The molecular formula is C22H28BrCl2NO2. The number of rotatable bonds is 12. The molecular weight excluding hydrogens is 461 g/mol. The van der Waals surface area contributed by atoms with Gasteiger partial charge in [-0.25, -0.2) is 0 Å². The molecule has 2 aromatic carbocycles. The molecule has 2 rings (SSSR count). The van der Waals surface area contributed by atoms with Crippen molar-refractivity contribution in [3.63, 3.8) is 0 Å². The molecule has 2 aromatic rings. The highest BCUT2D eigenvalue weighted by atomic mass is 79.9. The first-order valence-electron chi connectivity index (χ1n) is 9.69. The molecule has 154 valence electrons. The molecule has 28 heavy (non-hydrogen) atoms. The topological polar surface area (TPSA) is 30.5 Å². The first kappa shape index (κ1) is 23.3. The van der Waals surface area contributed by atoms with Crippen LogP contribution in [0.15, 0.2) is 34.8 Å². The van der Waals surface area contributed by atoms with E-state index in [-0.39, 0.29) is 0 Å². The van der Waals surface area contributed by atoms with Crippen molar-refractivity contribution < 1.29 is 9.47 Å². The Balaban J connectivity index is 1.92. The van der Waals surface area contributed by atoms with Gasteiger partial charge in [0.05, 0.1) is 21.6 Å². The van der Waals surface area contributed by atoms with Gasteiger partial charge in [0.25, 0.3) is 0 Å². The summed E-state index contributed by atoms with van der Waals surface area (Å²) in [6, 6.07) is 9.55. The summed E-state index contributed by atoms with van der Waals surface area (Å²) in [5.41, 5.74) is 2.09. The minimum Gasteiger partial charge on any atom is -0.493 e. The Hall–Kier alpha value is -0.940. The van der Waals surface area contributed by atoms with Gasteiger partial charge in [-0.1, -0.05) is 61.9 Å². The lowest BCUT2D eigenvalue weighted by Crippen LogP contribution is -2.14. The third-order valence-electron chi connectivity index (χ3n) is 4.44. The first-order valence-corrected chi connectivity index (χ1v) is 11.2. The van der Waals surface area contributed by atoms with E-state index in [1.165, 1.54) is 32.1 Å². The van der Waals surface area contributed by atoms with E-state index < -0.39 is 0 Å². The van der Waals surface area contributed by atoms with Gasteiger partial charge >= 0.3 is 0 Å². The van der Waals surface area contributed by atoms with Crippen LogP contribution < -0.4 is 14.8 Å². The van der Waals surface area contributed by atoms with Crippen molar-refractivity contribution in [1.82, 2.24) is 5.32 Å². The molecule has 0 saturated heterocycles. The number of ether oxygens (including phenoxy) is 2. The SMILES string of the molecule is CCCCCCCNCc1cc(Br)c(OCc2ccc(Cl)c(Cl)c2)c(OC)c1. The molecule has 0 amide bonds. The minimum absolute atomic E-state index is 0.376. The van der Waals surface area contributed by atoms with E-state index in [1.54, 1.807) is 13.2 Å². The lowest BCUT2D eigenvalue weighted by Gasteiger charge is -2.15. The summed E-state index contributed by atoms with van der Waals surface area (Å²) in [4.78, 5) is 0. The second kappa shape index (κ2) is 12.6. The Bertz CT molecular complexity index is 756. The van der Waals surface area contributed by atoms with Crippen LogP contribution in [0.3, 0.4) is 0 Å². The summed E-state index contributed by atoms with van der Waals surface area (Å²) in [5, 5.41) is 4.55. The number of halogens is 3. The predicted octanol–water partition coefficient (Wildman–Crippen LogP) is 7.40. The van der Waals surface area contributed by atoms with Gasteiger partial charge in [0.15, 0.2) is 11.5 Å². The molecule has 0 heterocycles. The fourth-order valence-corrected chi connectivity index (χ4v) is 3.81. The van der Waals surface area contributed by atoms with Crippen LogP contribution in [0.2, 0.25) is 10.0 Å². The predicted molar refractivity (Wildman–Crippen MR) is 122 cm³/mol. The highest BCUT2D eigenvalue weighted by Gasteiger charge is 2.12. The van der Waals surface area contributed by atoms with Crippen LogP contribution in [0.1, 0.15) is 50.2 Å². The van der Waals surface area contributed by atoms with E-state index in [0.717, 1.165) is 28.7 Å². The molecule has 0 fully saturated rings. The zero-order valence-corrected chi connectivity index (χ0v) is 19.6. The van der Waals surface area contributed by atoms with Crippen molar-refractivity contribution >= 4 is 39.1 Å². The average molecular weight is 489 g/mol. The van der Waals surface area contributed by atoms with Crippen molar-refractivity contribution in [2.24, 2.45) is 0 Å². The molecule has 0 aromatic heterocycles. The van der Waals surface area contributed by atoms with Gasteiger partial charge < -0.3 is 14.8 Å². The van der Waals surface area contributed by atoms with Crippen molar-refractivity contribution in [1.29, 1.82) is 0 Å². The molecule has 6 heteroatoms. The van der Waals surface area contributed by atoms with Gasteiger partial charge in [0.1, 0.15) is 6.61 Å². The largest absolute Gasteiger partial charge is 0.493 e. The van der Waals surface area contributed by atoms with Crippen molar-refractivity contribution in [2.75, 3.05) is 13.7 Å². The number of methoxy groups -OCH3 is 1. The van der Waals surface area contributed by atoms with Gasteiger partial charge in [-0.2, -0.15) is 0 Å². The van der Waals surface area contributed by atoms with Crippen LogP contribution >= 0.6 is 39.1 Å². The van der Waals surface area contributed by atoms with Crippen molar-refractivity contribution in [3.05, 3.63) is 56.0 Å². The molecule has 0 atom stereocenters. The Morgan fingerprint density at radius 3 is 2.46 bits per heavy atom. The summed E-state index contributed by atoms with van der Waals surface area (Å²) < 4.78 is 12.4. The van der Waals surface area contributed by atoms with E-state index in [1.807, 2.05) is 18.2 Å². The van der Waals surface area contributed by atoms with Crippen LogP contribution in [-0.4, -0.2) is 13.7 Å². The Morgan fingerprint density at radius 1 is 0.964 bits per heavy atom. The number of nitrogens with one attached hydrogen (secondary N) is 1. The summed E-state index contributed by atoms with van der Waals surface area (Å²) in [6.45, 7) is 4.44. The van der Waals surface area contributed by atoms with Crippen molar-refractivity contribution in [3.8, 4) is 11.5 Å². The zero-order chi connectivity index (χ0) is 20.4. The summed E-state index contributed by atoms with van der Waals surface area (Å²) >= 11 is 15.6. The molecule has 0 radical (unpaired) electrons. The molecule has 0 aliphatic rings. The third kappa shape index (κ3) is 7.47. The van der Waals surface area contributed by atoms with Gasteiger partial charge in [-0.05, 0) is 64.3 Å². The molecule has 0 aliphatic heterocycles. The fourth-order valence-electron chi connectivity index (χ4n) is 2.89. The monoisotopic (exact) mass is 487 g/mol. The molecule has 1 N–H and O–H groups in total. The maximum atomic E-state index is 6.07. The lowest BCUT2D eigenvalue weighted by atomic mass is 10.1. The Kier molecular flexibility index (Phi) is 10.5. The Morgan fingerprint density at radius 2 is 1.75 bits per heavy atom. The highest BCUT2D eigenvalue weighted by molar-refractivity contribution is 9.10. The van der Waals surface area contributed by atoms with Crippen molar-refractivity contribution in [2.45, 2.75) is 52.2 Å². The summed E-state index contributed by atoms with van der Waals surface area (Å²) in [6.07, 6.45) is 6.43. The van der Waals surface area contributed by atoms with E-state index in [0.29, 0.717) is 28.2 Å². The van der Waals surface area contributed by atoms with Gasteiger partial charge in [0, 0.05) is 6.54 Å². The molecule has 0 aliphatic carbocycles. The normalized spacial score (nSPS) is 10.9. The quantitative estimate of drug-likeness (QED) is 0.315. The van der Waals surface area contributed by atoms with Gasteiger partial charge in [-0.15, -0.1) is 0 Å². The second-order valence-corrected chi connectivity index (χ2v) is 8.41. The van der Waals surface area contributed by atoms with Crippen LogP contribution in [0, 0.1) is 0 Å². The number of hydrogen-bond donors (Lipinski definition) is 1. The molecule has 0 unspecified atom stereocenters. The smallest absolute Gasteiger partial charge is 0.175 e. The first-order chi connectivity index (χ1) is 13.5. The highest BCUT2D eigenvalue weighted by Crippen LogP contribution is 2.37. The maximum absolute atomic E-state index is 6.07. The Labute approximate surface area is 186 Å². The van der Waals surface area contributed by atoms with Gasteiger partial charge in [0.2, 0.25) is 0 Å². The number of unbranched alkanes of at least 4 members (excludes halogenated alkanes) is 4. The van der Waals surface area contributed by atoms with Gasteiger partial charge in [-0.3, -0.25) is 0 Å². The lowest BCUT2D eigenvalue weighted by molar-refractivity contribution is 0.282. The van der Waals surface area contributed by atoms with Crippen LogP contribution in [0.5, 0.6) is 11.5 Å². The number of hydrogen-bond acceptors (Lipinski definition) is 3. The van der Waals surface area contributed by atoms with E-state index in [2.05, 4.69) is 34.2 Å². The standard InChI is InChI=1S/C22H28BrCl2NO2/c1-3-4-5-6-7-10-26-14-17-11-18(23)22(21(13-17)27-2)28-15-16-8-9-19(24)20(25)12-16/h8-9,11-13,26H,3-7,10,14-15H2,1-2H3. The average Bonchev–Trinajstić information content (AvgIpc) is 2.68. The van der Waals surface area contributed by atoms with E-state index in [4.69, 9.17) is 32.7 Å². The molecule has 0 saturated carbocycles. The summed E-state index contributed by atoms with van der Waals surface area (Å²) in [7, 11) is 1.65. The molecule has 0 bridgehead atoms.